The molecule has 1 aromatic heterocycles. The zero-order chi connectivity index (χ0) is 17.7. The number of rotatable bonds is 5. The Kier molecular flexibility index (Phi) is 5.77. The first-order valence-corrected chi connectivity index (χ1v) is 9.14. The second kappa shape index (κ2) is 7.61. The first-order chi connectivity index (χ1) is 11.3. The molecule has 1 aromatic carbocycles. The molecule has 0 spiro atoms. The molecule has 1 heterocycles. The van der Waals surface area contributed by atoms with Crippen LogP contribution >= 0.6 is 0 Å². The van der Waals surface area contributed by atoms with Gasteiger partial charge in [-0.3, -0.25) is 4.21 Å². The third-order valence-electron chi connectivity index (χ3n) is 3.38. The summed E-state index contributed by atoms with van der Waals surface area (Å²) in [6.07, 6.45) is 1.85. The molecule has 6 nitrogen and oxygen atoms in total. The molecule has 2 N–H and O–H groups in total. The van der Waals surface area contributed by atoms with E-state index in [1.54, 1.807) is 4.68 Å². The molecule has 0 saturated carbocycles. The lowest BCUT2D eigenvalue weighted by Crippen LogP contribution is -2.35. The van der Waals surface area contributed by atoms with Gasteiger partial charge in [0.1, 0.15) is 0 Å². The van der Waals surface area contributed by atoms with Crippen LogP contribution in [-0.2, 0) is 10.8 Å². The molecule has 0 saturated heterocycles. The molecule has 2 amide bonds. The topological polar surface area (TPSA) is 76.0 Å². The maximum Gasteiger partial charge on any atom is 0.319 e. The van der Waals surface area contributed by atoms with Crippen LogP contribution in [0.4, 0.5) is 10.5 Å². The van der Waals surface area contributed by atoms with Gasteiger partial charge < -0.3 is 10.6 Å². The fourth-order valence-electron chi connectivity index (χ4n) is 2.06. The number of carbonyl (C=O) groups is 1. The van der Waals surface area contributed by atoms with Gasteiger partial charge in [-0.05, 0) is 45.9 Å². The predicted octanol–water partition coefficient (Wildman–Crippen LogP) is 2.85. The number of nitrogens with one attached hydrogen (secondary N) is 2. The number of aryl methyl sites for hydroxylation is 1. The summed E-state index contributed by atoms with van der Waals surface area (Å²) in [6.45, 7) is 8.04. The first kappa shape index (κ1) is 18.2. The normalized spacial score (nSPS) is 12.7. The van der Waals surface area contributed by atoms with Crippen molar-refractivity contribution >= 4 is 22.5 Å². The number of urea groups is 1. The van der Waals surface area contributed by atoms with Gasteiger partial charge in [-0.2, -0.15) is 5.10 Å². The Balaban J connectivity index is 1.96. The summed E-state index contributed by atoms with van der Waals surface area (Å²) in [5.74, 6) is 0.427. The van der Waals surface area contributed by atoms with Crippen molar-refractivity contribution in [2.24, 2.45) is 0 Å². The second-order valence-electron chi connectivity index (χ2n) is 6.46. The molecule has 0 fully saturated rings. The molecule has 0 aliphatic rings. The van der Waals surface area contributed by atoms with Crippen molar-refractivity contribution in [2.75, 3.05) is 17.6 Å². The minimum absolute atomic E-state index is 0.275. The fraction of sp³-hybridized carbons (Fsp3) is 0.412. The highest BCUT2D eigenvalue weighted by atomic mass is 32.2. The van der Waals surface area contributed by atoms with Gasteiger partial charge in [-0.1, -0.05) is 12.1 Å². The number of anilines is 1. The maximum atomic E-state index is 12.1. The van der Waals surface area contributed by atoms with Gasteiger partial charge in [0.05, 0.1) is 17.1 Å². The third-order valence-corrected chi connectivity index (χ3v) is 5.32. The molecule has 2 rings (SSSR count). The number of benzene rings is 1. The van der Waals surface area contributed by atoms with Gasteiger partial charge in [-0.25, -0.2) is 9.48 Å². The van der Waals surface area contributed by atoms with Crippen LogP contribution in [-0.4, -0.2) is 37.1 Å². The Morgan fingerprint density at radius 1 is 1.25 bits per heavy atom. The van der Waals surface area contributed by atoms with Crippen LogP contribution in [0, 0.1) is 6.92 Å². The SMILES string of the molecule is Cc1ccn(-c2ccccc2NC(=O)NCCS(=O)C(C)(C)C)n1. The van der Waals surface area contributed by atoms with Gasteiger partial charge in [-0.15, -0.1) is 0 Å². The van der Waals surface area contributed by atoms with Crippen LogP contribution < -0.4 is 10.6 Å². The Bertz CT molecular complexity index is 734. The fourth-order valence-corrected chi connectivity index (χ4v) is 2.96. The van der Waals surface area contributed by atoms with E-state index in [-0.39, 0.29) is 10.8 Å². The van der Waals surface area contributed by atoms with Crippen LogP contribution in [0.25, 0.3) is 5.69 Å². The highest BCUT2D eigenvalue weighted by Gasteiger charge is 2.19. The molecular formula is C17H24N4O2S. The van der Waals surface area contributed by atoms with Crippen LogP contribution in [0.2, 0.25) is 0 Å². The van der Waals surface area contributed by atoms with E-state index in [1.807, 2.05) is 64.2 Å². The van der Waals surface area contributed by atoms with E-state index in [4.69, 9.17) is 0 Å². The van der Waals surface area contributed by atoms with Crippen molar-refractivity contribution in [3.63, 3.8) is 0 Å². The number of amides is 2. The molecule has 0 bridgehead atoms. The van der Waals surface area contributed by atoms with E-state index in [0.29, 0.717) is 18.0 Å². The van der Waals surface area contributed by atoms with E-state index in [2.05, 4.69) is 15.7 Å². The quantitative estimate of drug-likeness (QED) is 0.872. The lowest BCUT2D eigenvalue weighted by Gasteiger charge is -2.18. The summed E-state index contributed by atoms with van der Waals surface area (Å²) < 4.78 is 13.4. The number of carbonyl (C=O) groups excluding carboxylic acids is 1. The van der Waals surface area contributed by atoms with Crippen LogP contribution in [0.15, 0.2) is 36.5 Å². The highest BCUT2D eigenvalue weighted by molar-refractivity contribution is 7.86. The standard InChI is InChI=1S/C17H24N4O2S/c1-13-9-11-21(20-13)15-8-6-5-7-14(15)19-16(22)18-10-12-24(23)17(2,3)4/h5-9,11H,10,12H2,1-4H3,(H2,18,19,22). The molecule has 130 valence electrons. The summed E-state index contributed by atoms with van der Waals surface area (Å²) in [6, 6.07) is 9.03. The van der Waals surface area contributed by atoms with Gasteiger partial charge in [0.2, 0.25) is 0 Å². The number of hydrogen-bond acceptors (Lipinski definition) is 3. The molecule has 0 aliphatic heterocycles. The molecule has 1 unspecified atom stereocenters. The Hall–Kier alpha value is -2.15. The zero-order valence-electron chi connectivity index (χ0n) is 14.5. The molecule has 1 atom stereocenters. The van der Waals surface area contributed by atoms with Crippen LogP contribution in [0.5, 0.6) is 0 Å². The van der Waals surface area contributed by atoms with E-state index in [9.17, 15) is 9.00 Å². The lowest BCUT2D eigenvalue weighted by molar-refractivity contribution is 0.252. The van der Waals surface area contributed by atoms with E-state index in [1.165, 1.54) is 0 Å². The molecular weight excluding hydrogens is 324 g/mol. The van der Waals surface area contributed by atoms with Gasteiger partial charge in [0, 0.05) is 34.0 Å². The van der Waals surface area contributed by atoms with E-state index >= 15 is 0 Å². The number of nitrogens with zero attached hydrogens (tertiary/aromatic N) is 2. The average molecular weight is 348 g/mol. The first-order valence-electron chi connectivity index (χ1n) is 7.82. The van der Waals surface area contributed by atoms with Gasteiger partial charge in [0.15, 0.2) is 0 Å². The Morgan fingerprint density at radius 2 is 1.96 bits per heavy atom. The number of aromatic nitrogens is 2. The molecule has 24 heavy (non-hydrogen) atoms. The van der Waals surface area contributed by atoms with Crippen molar-refractivity contribution in [3.8, 4) is 5.69 Å². The van der Waals surface area contributed by atoms with Crippen molar-refractivity contribution in [1.82, 2.24) is 15.1 Å². The summed E-state index contributed by atoms with van der Waals surface area (Å²) in [4.78, 5) is 12.1. The predicted molar refractivity (Wildman–Crippen MR) is 98.1 cm³/mol. The van der Waals surface area contributed by atoms with Crippen LogP contribution in [0.3, 0.4) is 0 Å². The van der Waals surface area contributed by atoms with Gasteiger partial charge >= 0.3 is 6.03 Å². The third kappa shape index (κ3) is 4.92. The van der Waals surface area contributed by atoms with E-state index in [0.717, 1.165) is 11.4 Å². The lowest BCUT2D eigenvalue weighted by atomic mass is 10.2. The summed E-state index contributed by atoms with van der Waals surface area (Å²) in [5, 5.41) is 9.93. The summed E-state index contributed by atoms with van der Waals surface area (Å²) in [5.41, 5.74) is 2.35. The zero-order valence-corrected chi connectivity index (χ0v) is 15.3. The molecule has 0 radical (unpaired) electrons. The number of hydrogen-bond donors (Lipinski definition) is 2. The van der Waals surface area contributed by atoms with E-state index < -0.39 is 10.8 Å². The minimum Gasteiger partial charge on any atom is -0.337 e. The van der Waals surface area contributed by atoms with Crippen LogP contribution in [0.1, 0.15) is 26.5 Å². The maximum absolute atomic E-state index is 12.1. The highest BCUT2D eigenvalue weighted by Crippen LogP contribution is 2.19. The average Bonchev–Trinajstić information content (AvgIpc) is 2.93. The van der Waals surface area contributed by atoms with Crippen molar-refractivity contribution in [2.45, 2.75) is 32.4 Å². The largest absolute Gasteiger partial charge is 0.337 e. The minimum atomic E-state index is -0.988. The number of para-hydroxylation sites is 2. The van der Waals surface area contributed by atoms with Crippen molar-refractivity contribution in [1.29, 1.82) is 0 Å². The Morgan fingerprint density at radius 3 is 2.58 bits per heavy atom. The molecule has 2 aromatic rings. The smallest absolute Gasteiger partial charge is 0.319 e. The monoisotopic (exact) mass is 348 g/mol. The second-order valence-corrected chi connectivity index (χ2v) is 8.79. The van der Waals surface area contributed by atoms with Gasteiger partial charge in [0.25, 0.3) is 0 Å². The van der Waals surface area contributed by atoms with Crippen molar-refractivity contribution in [3.05, 3.63) is 42.2 Å². The van der Waals surface area contributed by atoms with Crippen molar-refractivity contribution < 1.29 is 9.00 Å². The summed E-state index contributed by atoms with van der Waals surface area (Å²) in [7, 11) is -0.988. The molecule has 7 heteroatoms. The molecule has 0 aliphatic carbocycles. The Labute approximate surface area is 145 Å². The summed E-state index contributed by atoms with van der Waals surface area (Å²) >= 11 is 0.